The molecule has 120 valence electrons. The molecule has 0 aromatic heterocycles. The molecule has 2 rings (SSSR count). The second-order valence-electron chi connectivity index (χ2n) is 6.95. The van der Waals surface area contributed by atoms with E-state index in [4.69, 9.17) is 0 Å². The van der Waals surface area contributed by atoms with Gasteiger partial charge < -0.3 is 0 Å². The molecule has 0 nitrogen and oxygen atoms in total. The number of benzene rings is 1. The number of allylic oxidation sites excluding steroid dienone is 3. The Morgan fingerprint density at radius 3 is 2.73 bits per heavy atom. The standard InChI is InChI=1S/C22H32/c1-5-7-8-12-19-15-18(4)22(20(16-19)10-6-2)21-13-9-11-17(3)14-21/h6,14-16,21H,2,5,7-13H2,1,3-4H3. The Morgan fingerprint density at radius 2 is 2.05 bits per heavy atom. The molecular formula is C22H32. The molecule has 0 amide bonds. The first kappa shape index (κ1) is 17.1. The lowest BCUT2D eigenvalue weighted by molar-refractivity contribution is 0.627. The van der Waals surface area contributed by atoms with Gasteiger partial charge in [0.05, 0.1) is 0 Å². The average Bonchev–Trinajstić information content (AvgIpc) is 2.47. The van der Waals surface area contributed by atoms with Gasteiger partial charge in [0.2, 0.25) is 0 Å². The van der Waals surface area contributed by atoms with Crippen LogP contribution in [0.2, 0.25) is 0 Å². The van der Waals surface area contributed by atoms with Gasteiger partial charge >= 0.3 is 0 Å². The lowest BCUT2D eigenvalue weighted by atomic mass is 9.80. The third-order valence-corrected chi connectivity index (χ3v) is 4.91. The summed E-state index contributed by atoms with van der Waals surface area (Å²) < 4.78 is 0. The van der Waals surface area contributed by atoms with E-state index >= 15 is 0 Å². The Balaban J connectivity index is 2.31. The fourth-order valence-electron chi connectivity index (χ4n) is 3.87. The van der Waals surface area contributed by atoms with Crippen LogP contribution in [0, 0.1) is 6.92 Å². The van der Waals surface area contributed by atoms with Crippen molar-refractivity contribution in [2.24, 2.45) is 0 Å². The number of hydrogen-bond donors (Lipinski definition) is 0. The van der Waals surface area contributed by atoms with E-state index in [0.717, 1.165) is 6.42 Å². The zero-order valence-electron chi connectivity index (χ0n) is 14.8. The molecule has 1 aliphatic carbocycles. The fourth-order valence-corrected chi connectivity index (χ4v) is 3.87. The van der Waals surface area contributed by atoms with E-state index in [1.54, 1.807) is 11.1 Å². The van der Waals surface area contributed by atoms with Crippen LogP contribution in [0.15, 0.2) is 36.4 Å². The van der Waals surface area contributed by atoms with Crippen LogP contribution in [0.25, 0.3) is 0 Å². The highest BCUT2D eigenvalue weighted by Gasteiger charge is 2.19. The van der Waals surface area contributed by atoms with Crippen LogP contribution < -0.4 is 0 Å². The monoisotopic (exact) mass is 296 g/mol. The number of aryl methyl sites for hydroxylation is 2. The lowest BCUT2D eigenvalue weighted by Gasteiger charge is -2.25. The molecule has 1 unspecified atom stereocenters. The maximum Gasteiger partial charge on any atom is 0.00261 e. The minimum absolute atomic E-state index is 0.619. The third-order valence-electron chi connectivity index (χ3n) is 4.91. The molecule has 1 aliphatic rings. The lowest BCUT2D eigenvalue weighted by Crippen LogP contribution is -2.08. The van der Waals surface area contributed by atoms with Crippen molar-refractivity contribution in [1.29, 1.82) is 0 Å². The van der Waals surface area contributed by atoms with Gasteiger partial charge in [-0.3, -0.25) is 0 Å². The van der Waals surface area contributed by atoms with Crippen molar-refractivity contribution in [3.8, 4) is 0 Å². The van der Waals surface area contributed by atoms with E-state index in [-0.39, 0.29) is 0 Å². The van der Waals surface area contributed by atoms with Crippen molar-refractivity contribution >= 4 is 0 Å². The van der Waals surface area contributed by atoms with E-state index in [1.807, 2.05) is 0 Å². The molecule has 1 atom stereocenters. The van der Waals surface area contributed by atoms with E-state index in [2.05, 4.69) is 51.6 Å². The summed E-state index contributed by atoms with van der Waals surface area (Å²) in [5, 5.41) is 0. The van der Waals surface area contributed by atoms with Crippen molar-refractivity contribution in [1.82, 2.24) is 0 Å². The van der Waals surface area contributed by atoms with Gasteiger partial charge in [0.15, 0.2) is 0 Å². The van der Waals surface area contributed by atoms with Gasteiger partial charge in [-0.1, -0.05) is 49.6 Å². The zero-order valence-corrected chi connectivity index (χ0v) is 14.8. The Kier molecular flexibility index (Phi) is 6.49. The minimum atomic E-state index is 0.619. The number of hydrogen-bond acceptors (Lipinski definition) is 0. The Morgan fingerprint density at radius 1 is 1.23 bits per heavy atom. The molecule has 1 aromatic rings. The molecular weight excluding hydrogens is 264 g/mol. The molecule has 0 heteroatoms. The highest BCUT2D eigenvalue weighted by atomic mass is 14.2. The molecule has 0 heterocycles. The maximum atomic E-state index is 3.98. The third kappa shape index (κ3) is 4.35. The van der Waals surface area contributed by atoms with Gasteiger partial charge in [-0.25, -0.2) is 0 Å². The summed E-state index contributed by atoms with van der Waals surface area (Å²) in [5.74, 6) is 0.619. The van der Waals surface area contributed by atoms with Crippen LogP contribution in [-0.2, 0) is 12.8 Å². The smallest absolute Gasteiger partial charge is 0.00261 e. The molecule has 0 saturated carbocycles. The van der Waals surface area contributed by atoms with Crippen molar-refractivity contribution in [3.63, 3.8) is 0 Å². The quantitative estimate of drug-likeness (QED) is 0.389. The summed E-state index contributed by atoms with van der Waals surface area (Å²) in [4.78, 5) is 0. The van der Waals surface area contributed by atoms with Crippen LogP contribution in [-0.4, -0.2) is 0 Å². The van der Waals surface area contributed by atoms with Gasteiger partial charge in [0.1, 0.15) is 0 Å². The summed E-state index contributed by atoms with van der Waals surface area (Å²) >= 11 is 0. The molecule has 0 radical (unpaired) electrons. The SMILES string of the molecule is C=CCc1cc(CCCCC)cc(C)c1C1C=C(C)CCC1. The predicted molar refractivity (Wildman–Crippen MR) is 98.7 cm³/mol. The summed E-state index contributed by atoms with van der Waals surface area (Å²) in [6, 6.07) is 4.90. The molecule has 1 aromatic carbocycles. The molecule has 0 N–H and O–H groups in total. The second-order valence-corrected chi connectivity index (χ2v) is 6.95. The highest BCUT2D eigenvalue weighted by molar-refractivity contribution is 5.44. The molecule has 0 bridgehead atoms. The molecule has 0 spiro atoms. The van der Waals surface area contributed by atoms with E-state index < -0.39 is 0 Å². The topological polar surface area (TPSA) is 0 Å². The van der Waals surface area contributed by atoms with E-state index in [9.17, 15) is 0 Å². The maximum absolute atomic E-state index is 3.98. The van der Waals surface area contributed by atoms with Crippen LogP contribution in [0.5, 0.6) is 0 Å². The Labute approximate surface area is 137 Å². The molecule has 0 saturated heterocycles. The molecule has 0 aliphatic heterocycles. The van der Waals surface area contributed by atoms with Crippen molar-refractivity contribution in [2.75, 3.05) is 0 Å². The van der Waals surface area contributed by atoms with Crippen LogP contribution >= 0.6 is 0 Å². The number of unbranched alkanes of at least 4 members (excludes halogenated alkanes) is 2. The highest BCUT2D eigenvalue weighted by Crippen LogP contribution is 2.35. The second kappa shape index (κ2) is 8.36. The summed E-state index contributed by atoms with van der Waals surface area (Å²) in [6.45, 7) is 10.8. The zero-order chi connectivity index (χ0) is 15.9. The van der Waals surface area contributed by atoms with Gasteiger partial charge in [-0.2, -0.15) is 0 Å². The van der Waals surface area contributed by atoms with Crippen molar-refractivity contribution in [2.45, 2.75) is 78.1 Å². The summed E-state index contributed by atoms with van der Waals surface area (Å²) in [5.41, 5.74) is 7.66. The Hall–Kier alpha value is -1.30. The van der Waals surface area contributed by atoms with Gasteiger partial charge in [-0.15, -0.1) is 6.58 Å². The first-order valence-corrected chi connectivity index (χ1v) is 9.06. The normalized spacial score (nSPS) is 18.1. The van der Waals surface area contributed by atoms with Crippen molar-refractivity contribution in [3.05, 3.63) is 58.7 Å². The molecule has 0 fully saturated rings. The first-order valence-electron chi connectivity index (χ1n) is 9.06. The van der Waals surface area contributed by atoms with Crippen LogP contribution in [0.4, 0.5) is 0 Å². The first-order chi connectivity index (χ1) is 10.7. The Bertz CT molecular complexity index is 533. The average molecular weight is 296 g/mol. The number of rotatable bonds is 7. The van der Waals surface area contributed by atoms with Gasteiger partial charge in [0.25, 0.3) is 0 Å². The van der Waals surface area contributed by atoms with E-state index in [0.29, 0.717) is 5.92 Å². The van der Waals surface area contributed by atoms with Crippen LogP contribution in [0.3, 0.4) is 0 Å². The van der Waals surface area contributed by atoms with E-state index in [1.165, 1.54) is 61.6 Å². The van der Waals surface area contributed by atoms with Gasteiger partial charge in [-0.05, 0) is 74.6 Å². The van der Waals surface area contributed by atoms with Crippen molar-refractivity contribution < 1.29 is 0 Å². The fraction of sp³-hybridized carbons (Fsp3) is 0.545. The predicted octanol–water partition coefficient (Wildman–Crippen LogP) is 6.67. The van der Waals surface area contributed by atoms with Gasteiger partial charge in [0, 0.05) is 5.92 Å². The minimum Gasteiger partial charge on any atom is -0.103 e. The molecule has 22 heavy (non-hydrogen) atoms. The van der Waals surface area contributed by atoms with Crippen LogP contribution in [0.1, 0.15) is 80.5 Å². The summed E-state index contributed by atoms with van der Waals surface area (Å²) in [6.07, 6.45) is 14.6. The summed E-state index contributed by atoms with van der Waals surface area (Å²) in [7, 11) is 0. The largest absolute Gasteiger partial charge is 0.103 e.